The van der Waals surface area contributed by atoms with Gasteiger partial charge in [-0.05, 0) is 71.4 Å². The monoisotopic (exact) mass is 403 g/mol. The smallest absolute Gasteiger partial charge is 0.258 e. The predicted molar refractivity (Wildman–Crippen MR) is 106 cm³/mol. The number of rotatable bonds is 6. The van der Waals surface area contributed by atoms with Gasteiger partial charge in [-0.3, -0.25) is 4.79 Å². The van der Waals surface area contributed by atoms with Crippen LogP contribution in [-0.2, 0) is 4.79 Å². The maximum Gasteiger partial charge on any atom is 0.258 e. The quantitative estimate of drug-likeness (QED) is 0.696. The molecule has 0 aliphatic heterocycles. The summed E-state index contributed by atoms with van der Waals surface area (Å²) < 4.78 is 6.53. The van der Waals surface area contributed by atoms with E-state index in [0.29, 0.717) is 11.7 Å². The fourth-order valence-electron chi connectivity index (χ4n) is 2.72. The van der Waals surface area contributed by atoms with Gasteiger partial charge in [0.1, 0.15) is 5.75 Å². The van der Waals surface area contributed by atoms with E-state index in [9.17, 15) is 4.79 Å². The lowest BCUT2D eigenvalue weighted by Gasteiger charge is -2.18. The molecule has 0 bridgehead atoms. The van der Waals surface area contributed by atoms with E-state index in [-0.39, 0.29) is 18.6 Å². The number of carbonyl (C=O) groups excluding carboxylic acids is 1. The first-order valence-electron chi connectivity index (χ1n) is 8.56. The maximum absolute atomic E-state index is 12.2. The van der Waals surface area contributed by atoms with Crippen molar-refractivity contribution < 1.29 is 9.53 Å². The van der Waals surface area contributed by atoms with Crippen molar-refractivity contribution in [3.63, 3.8) is 0 Å². The number of aryl methyl sites for hydroxylation is 2. The van der Waals surface area contributed by atoms with Crippen LogP contribution < -0.4 is 10.1 Å². The first kappa shape index (κ1) is 19.5. The van der Waals surface area contributed by atoms with E-state index in [1.54, 1.807) is 0 Å². The first-order chi connectivity index (χ1) is 11.8. The number of benzene rings is 2. The fraction of sp³-hybridized carbons (Fsp3) is 0.381. The van der Waals surface area contributed by atoms with Crippen LogP contribution in [0.3, 0.4) is 0 Å². The molecule has 0 spiro atoms. The van der Waals surface area contributed by atoms with Gasteiger partial charge in [-0.25, -0.2) is 0 Å². The zero-order valence-corrected chi connectivity index (χ0v) is 17.1. The minimum Gasteiger partial charge on any atom is -0.483 e. The van der Waals surface area contributed by atoms with E-state index >= 15 is 0 Å². The van der Waals surface area contributed by atoms with Gasteiger partial charge in [-0.1, -0.05) is 43.7 Å². The van der Waals surface area contributed by atoms with Gasteiger partial charge in [-0.15, -0.1) is 0 Å². The molecule has 4 heteroatoms. The Morgan fingerprint density at radius 1 is 1.12 bits per heavy atom. The second kappa shape index (κ2) is 8.52. The van der Waals surface area contributed by atoms with Gasteiger partial charge in [0.15, 0.2) is 6.61 Å². The topological polar surface area (TPSA) is 38.3 Å². The summed E-state index contributed by atoms with van der Waals surface area (Å²) in [4.78, 5) is 12.2. The van der Waals surface area contributed by atoms with Crippen LogP contribution in [0, 0.1) is 13.8 Å². The zero-order chi connectivity index (χ0) is 18.6. The molecule has 134 valence electrons. The van der Waals surface area contributed by atoms with E-state index < -0.39 is 0 Å². The minimum atomic E-state index is -0.131. The van der Waals surface area contributed by atoms with Gasteiger partial charge in [0.05, 0.1) is 10.5 Å². The molecule has 0 saturated carbocycles. The van der Waals surface area contributed by atoms with E-state index in [4.69, 9.17) is 4.74 Å². The van der Waals surface area contributed by atoms with Crippen LogP contribution >= 0.6 is 15.9 Å². The summed E-state index contributed by atoms with van der Waals surface area (Å²) in [6, 6.07) is 12.2. The van der Waals surface area contributed by atoms with Crippen molar-refractivity contribution in [3.8, 4) is 5.75 Å². The van der Waals surface area contributed by atoms with Crippen LogP contribution in [0.1, 0.15) is 55.0 Å². The normalized spacial score (nSPS) is 12.1. The zero-order valence-electron chi connectivity index (χ0n) is 15.5. The maximum atomic E-state index is 12.2. The van der Waals surface area contributed by atoms with Crippen LogP contribution in [0.2, 0.25) is 0 Å². The van der Waals surface area contributed by atoms with Crippen molar-refractivity contribution in [2.45, 2.75) is 46.6 Å². The van der Waals surface area contributed by atoms with Crippen molar-refractivity contribution in [1.82, 2.24) is 5.32 Å². The highest BCUT2D eigenvalue weighted by molar-refractivity contribution is 9.10. The summed E-state index contributed by atoms with van der Waals surface area (Å²) in [5.74, 6) is 0.999. The Kier molecular flexibility index (Phi) is 6.65. The molecule has 0 unspecified atom stereocenters. The summed E-state index contributed by atoms with van der Waals surface area (Å²) in [6.07, 6.45) is 0. The van der Waals surface area contributed by atoms with Crippen LogP contribution in [0.4, 0.5) is 0 Å². The van der Waals surface area contributed by atoms with E-state index in [0.717, 1.165) is 10.0 Å². The Bertz CT molecular complexity index is 756. The van der Waals surface area contributed by atoms with Gasteiger partial charge < -0.3 is 10.1 Å². The molecule has 0 aliphatic rings. The summed E-state index contributed by atoms with van der Waals surface area (Å²) in [6.45, 7) is 10.4. The highest BCUT2D eigenvalue weighted by Crippen LogP contribution is 2.29. The Balaban J connectivity index is 1.95. The summed E-state index contributed by atoms with van der Waals surface area (Å²) in [5.41, 5.74) is 4.72. The summed E-state index contributed by atoms with van der Waals surface area (Å²) in [7, 11) is 0. The lowest BCUT2D eigenvalue weighted by atomic mass is 10.00. The van der Waals surface area contributed by atoms with E-state index in [2.05, 4.69) is 67.1 Å². The summed E-state index contributed by atoms with van der Waals surface area (Å²) >= 11 is 3.51. The average molecular weight is 404 g/mol. The number of nitrogens with one attached hydrogen (secondary N) is 1. The molecule has 1 N–H and O–H groups in total. The Morgan fingerprint density at radius 2 is 1.84 bits per heavy atom. The molecule has 1 amide bonds. The standard InChI is InChI=1S/C21H26BrNO2/c1-13(2)17-8-9-20(19(22)11-17)25-12-21(24)23-16(5)18-10-14(3)6-7-15(18)4/h6-11,13,16H,12H2,1-5H3,(H,23,24)/t16-/m1/s1. The highest BCUT2D eigenvalue weighted by atomic mass is 79.9. The van der Waals surface area contributed by atoms with Crippen LogP contribution in [0.15, 0.2) is 40.9 Å². The molecule has 0 saturated heterocycles. The molecular formula is C21H26BrNO2. The molecular weight excluding hydrogens is 378 g/mol. The van der Waals surface area contributed by atoms with E-state index in [1.807, 2.05) is 25.1 Å². The van der Waals surface area contributed by atoms with Gasteiger partial charge in [0.25, 0.3) is 5.91 Å². The van der Waals surface area contributed by atoms with Crippen LogP contribution in [0.5, 0.6) is 5.75 Å². The molecule has 0 heterocycles. The number of hydrogen-bond acceptors (Lipinski definition) is 2. The number of carbonyl (C=O) groups is 1. The van der Waals surface area contributed by atoms with Crippen LogP contribution in [-0.4, -0.2) is 12.5 Å². The molecule has 25 heavy (non-hydrogen) atoms. The number of amides is 1. The van der Waals surface area contributed by atoms with Gasteiger partial charge >= 0.3 is 0 Å². The van der Waals surface area contributed by atoms with Crippen molar-refractivity contribution in [1.29, 1.82) is 0 Å². The highest BCUT2D eigenvalue weighted by Gasteiger charge is 2.13. The average Bonchev–Trinajstić information content (AvgIpc) is 2.55. The fourth-order valence-corrected chi connectivity index (χ4v) is 3.23. The predicted octanol–water partition coefficient (Wildman–Crippen LogP) is 5.45. The lowest BCUT2D eigenvalue weighted by Crippen LogP contribution is -2.31. The lowest BCUT2D eigenvalue weighted by molar-refractivity contribution is -0.123. The van der Waals surface area contributed by atoms with Gasteiger partial charge in [-0.2, -0.15) is 0 Å². The second-order valence-corrected chi connectivity index (χ2v) is 7.64. The number of halogens is 1. The molecule has 2 rings (SSSR count). The largest absolute Gasteiger partial charge is 0.483 e. The third kappa shape index (κ3) is 5.33. The number of ether oxygens (including phenoxy) is 1. The van der Waals surface area contributed by atoms with Gasteiger partial charge in [0.2, 0.25) is 0 Å². The summed E-state index contributed by atoms with van der Waals surface area (Å²) in [5, 5.41) is 3.00. The molecule has 0 aliphatic carbocycles. The second-order valence-electron chi connectivity index (χ2n) is 6.78. The first-order valence-corrected chi connectivity index (χ1v) is 9.36. The van der Waals surface area contributed by atoms with Crippen LogP contribution in [0.25, 0.3) is 0 Å². The van der Waals surface area contributed by atoms with Crippen molar-refractivity contribution >= 4 is 21.8 Å². The number of hydrogen-bond donors (Lipinski definition) is 1. The molecule has 0 radical (unpaired) electrons. The molecule has 0 aromatic heterocycles. The molecule has 0 fully saturated rings. The van der Waals surface area contributed by atoms with E-state index in [1.165, 1.54) is 16.7 Å². The Labute approximate surface area is 158 Å². The molecule has 2 aromatic rings. The van der Waals surface area contributed by atoms with Crippen molar-refractivity contribution in [2.75, 3.05) is 6.61 Å². The SMILES string of the molecule is Cc1ccc(C)c([C@@H](C)NC(=O)COc2ccc(C(C)C)cc2Br)c1. The molecule has 3 nitrogen and oxygen atoms in total. The Morgan fingerprint density at radius 3 is 2.48 bits per heavy atom. The third-order valence-corrected chi connectivity index (χ3v) is 4.88. The minimum absolute atomic E-state index is 0.00513. The molecule has 1 atom stereocenters. The van der Waals surface area contributed by atoms with Crippen molar-refractivity contribution in [2.24, 2.45) is 0 Å². The van der Waals surface area contributed by atoms with Gasteiger partial charge in [0, 0.05) is 0 Å². The molecule has 2 aromatic carbocycles. The van der Waals surface area contributed by atoms with Crippen molar-refractivity contribution in [3.05, 3.63) is 63.1 Å². The Hall–Kier alpha value is -1.81. The third-order valence-electron chi connectivity index (χ3n) is 4.26.